The molecule has 0 aliphatic heterocycles. The van der Waals surface area contributed by atoms with E-state index in [0.29, 0.717) is 13.0 Å². The SMILES string of the molecule is O=S(=O)(NCCc1ccccc1Br)C1CC1. The first-order chi connectivity index (χ1) is 7.59. The van der Waals surface area contributed by atoms with Crippen LogP contribution in [0.3, 0.4) is 0 Å². The number of nitrogens with one attached hydrogen (secondary N) is 1. The summed E-state index contributed by atoms with van der Waals surface area (Å²) in [4.78, 5) is 0. The van der Waals surface area contributed by atoms with E-state index in [2.05, 4.69) is 20.7 Å². The van der Waals surface area contributed by atoms with Crippen LogP contribution in [-0.4, -0.2) is 20.2 Å². The van der Waals surface area contributed by atoms with Gasteiger partial charge in [-0.1, -0.05) is 34.1 Å². The quantitative estimate of drug-likeness (QED) is 0.905. The minimum atomic E-state index is -3.04. The first kappa shape index (κ1) is 12.1. The van der Waals surface area contributed by atoms with Crippen LogP contribution in [0.2, 0.25) is 0 Å². The molecule has 0 atom stereocenters. The molecule has 1 saturated carbocycles. The van der Waals surface area contributed by atoms with Gasteiger partial charge in [0.1, 0.15) is 0 Å². The van der Waals surface area contributed by atoms with Gasteiger partial charge in [0.25, 0.3) is 0 Å². The van der Waals surface area contributed by atoms with Crippen molar-refractivity contribution >= 4 is 26.0 Å². The number of benzene rings is 1. The van der Waals surface area contributed by atoms with Crippen LogP contribution in [-0.2, 0) is 16.4 Å². The van der Waals surface area contributed by atoms with E-state index in [1.165, 1.54) is 0 Å². The van der Waals surface area contributed by atoms with Crippen LogP contribution in [0.25, 0.3) is 0 Å². The van der Waals surface area contributed by atoms with Crippen molar-refractivity contribution in [1.82, 2.24) is 4.72 Å². The predicted octanol–water partition coefficient (Wildman–Crippen LogP) is 2.07. The standard InChI is InChI=1S/C11H14BrNO2S/c12-11-4-2-1-3-9(11)7-8-13-16(14,15)10-5-6-10/h1-4,10,13H,5-8H2. The first-order valence-corrected chi connectivity index (χ1v) is 7.65. The molecule has 0 saturated heterocycles. The van der Waals surface area contributed by atoms with Gasteiger partial charge in [-0.2, -0.15) is 0 Å². The van der Waals surface area contributed by atoms with Gasteiger partial charge in [0.2, 0.25) is 10.0 Å². The molecular weight excluding hydrogens is 290 g/mol. The molecule has 0 amide bonds. The zero-order chi connectivity index (χ0) is 11.6. The Morgan fingerprint density at radius 2 is 2.00 bits per heavy atom. The van der Waals surface area contributed by atoms with Gasteiger partial charge in [-0.3, -0.25) is 0 Å². The van der Waals surface area contributed by atoms with E-state index in [1.807, 2.05) is 24.3 Å². The molecule has 3 nitrogen and oxygen atoms in total. The van der Waals surface area contributed by atoms with Crippen molar-refractivity contribution in [3.05, 3.63) is 34.3 Å². The normalized spacial score (nSPS) is 16.3. The maximum atomic E-state index is 11.5. The van der Waals surface area contributed by atoms with Gasteiger partial charge in [0, 0.05) is 11.0 Å². The van der Waals surface area contributed by atoms with Crippen LogP contribution < -0.4 is 4.72 Å². The van der Waals surface area contributed by atoms with Crippen molar-refractivity contribution in [3.63, 3.8) is 0 Å². The van der Waals surface area contributed by atoms with Crippen LogP contribution in [0.1, 0.15) is 18.4 Å². The molecule has 2 rings (SSSR count). The summed E-state index contributed by atoms with van der Waals surface area (Å²) in [7, 11) is -3.04. The molecule has 1 aliphatic carbocycles. The van der Waals surface area contributed by atoms with E-state index in [1.54, 1.807) is 0 Å². The van der Waals surface area contributed by atoms with Crippen molar-refractivity contribution < 1.29 is 8.42 Å². The van der Waals surface area contributed by atoms with Crippen LogP contribution in [0.5, 0.6) is 0 Å². The highest BCUT2D eigenvalue weighted by Gasteiger charge is 2.35. The van der Waals surface area contributed by atoms with Gasteiger partial charge in [-0.15, -0.1) is 0 Å². The van der Waals surface area contributed by atoms with Crippen molar-refractivity contribution in [2.75, 3.05) is 6.54 Å². The summed E-state index contributed by atoms with van der Waals surface area (Å²) in [5.41, 5.74) is 1.13. The van der Waals surface area contributed by atoms with E-state index in [-0.39, 0.29) is 5.25 Å². The fourth-order valence-electron chi connectivity index (χ4n) is 1.53. The lowest BCUT2D eigenvalue weighted by atomic mass is 10.2. The third kappa shape index (κ3) is 3.06. The van der Waals surface area contributed by atoms with Crippen molar-refractivity contribution in [2.24, 2.45) is 0 Å². The second kappa shape index (κ2) is 4.85. The van der Waals surface area contributed by atoms with E-state index in [9.17, 15) is 8.42 Å². The van der Waals surface area contributed by atoms with Gasteiger partial charge in [-0.05, 0) is 30.9 Å². The zero-order valence-electron chi connectivity index (χ0n) is 8.82. The summed E-state index contributed by atoms with van der Waals surface area (Å²) in [6, 6.07) is 7.86. The average Bonchev–Trinajstić information content (AvgIpc) is 3.04. The first-order valence-electron chi connectivity index (χ1n) is 5.31. The van der Waals surface area contributed by atoms with Crippen molar-refractivity contribution in [3.8, 4) is 0 Å². The molecule has 5 heteroatoms. The van der Waals surface area contributed by atoms with Crippen LogP contribution in [0.4, 0.5) is 0 Å². The van der Waals surface area contributed by atoms with E-state index in [4.69, 9.17) is 0 Å². The molecule has 0 spiro atoms. The second-order valence-corrected chi connectivity index (χ2v) is 6.88. The molecule has 88 valence electrons. The molecule has 1 fully saturated rings. The average molecular weight is 304 g/mol. The lowest BCUT2D eigenvalue weighted by Gasteiger charge is -2.06. The molecule has 1 aliphatic rings. The Labute approximate surface area is 104 Å². The molecule has 0 radical (unpaired) electrons. The summed E-state index contributed by atoms with van der Waals surface area (Å²) in [6.07, 6.45) is 2.34. The Balaban J connectivity index is 1.86. The Bertz CT molecular complexity index is 469. The molecule has 0 bridgehead atoms. The highest BCUT2D eigenvalue weighted by Crippen LogP contribution is 2.27. The van der Waals surface area contributed by atoms with Crippen LogP contribution >= 0.6 is 15.9 Å². The summed E-state index contributed by atoms with van der Waals surface area (Å²) < 4.78 is 26.8. The minimum Gasteiger partial charge on any atom is -0.215 e. The van der Waals surface area contributed by atoms with Crippen LogP contribution in [0.15, 0.2) is 28.7 Å². The van der Waals surface area contributed by atoms with Crippen molar-refractivity contribution in [1.29, 1.82) is 0 Å². The molecule has 0 aromatic heterocycles. The molecule has 1 aromatic carbocycles. The molecule has 1 aromatic rings. The van der Waals surface area contributed by atoms with Crippen molar-refractivity contribution in [2.45, 2.75) is 24.5 Å². The third-order valence-electron chi connectivity index (χ3n) is 2.62. The fourth-order valence-corrected chi connectivity index (χ4v) is 3.39. The maximum Gasteiger partial charge on any atom is 0.214 e. The monoisotopic (exact) mass is 303 g/mol. The number of halogens is 1. The lowest BCUT2D eigenvalue weighted by molar-refractivity contribution is 0.580. The van der Waals surface area contributed by atoms with Gasteiger partial charge in [0.05, 0.1) is 5.25 Å². The van der Waals surface area contributed by atoms with E-state index < -0.39 is 10.0 Å². The van der Waals surface area contributed by atoms with Gasteiger partial charge < -0.3 is 0 Å². The molecular formula is C11H14BrNO2S. The number of sulfonamides is 1. The van der Waals surface area contributed by atoms with Gasteiger partial charge in [-0.25, -0.2) is 13.1 Å². The Morgan fingerprint density at radius 1 is 1.31 bits per heavy atom. The summed E-state index contributed by atoms with van der Waals surface area (Å²) in [6.45, 7) is 0.474. The smallest absolute Gasteiger partial charge is 0.214 e. The maximum absolute atomic E-state index is 11.5. The van der Waals surface area contributed by atoms with E-state index in [0.717, 1.165) is 22.9 Å². The third-order valence-corrected chi connectivity index (χ3v) is 5.35. The Morgan fingerprint density at radius 3 is 2.62 bits per heavy atom. The molecule has 16 heavy (non-hydrogen) atoms. The minimum absolute atomic E-state index is 0.133. The van der Waals surface area contributed by atoms with E-state index >= 15 is 0 Å². The lowest BCUT2D eigenvalue weighted by Crippen LogP contribution is -2.29. The zero-order valence-corrected chi connectivity index (χ0v) is 11.2. The van der Waals surface area contributed by atoms with Gasteiger partial charge >= 0.3 is 0 Å². The Kier molecular flexibility index (Phi) is 3.66. The second-order valence-electron chi connectivity index (χ2n) is 3.98. The summed E-state index contributed by atoms with van der Waals surface area (Å²) in [5.74, 6) is 0. The fraction of sp³-hybridized carbons (Fsp3) is 0.455. The highest BCUT2D eigenvalue weighted by atomic mass is 79.9. The number of hydrogen-bond donors (Lipinski definition) is 1. The number of rotatable bonds is 5. The molecule has 1 N–H and O–H groups in total. The molecule has 0 heterocycles. The predicted molar refractivity (Wildman–Crippen MR) is 67.8 cm³/mol. The summed E-state index contributed by atoms with van der Waals surface area (Å²) in [5, 5.41) is -0.133. The Hall–Kier alpha value is -0.390. The number of hydrogen-bond acceptors (Lipinski definition) is 2. The highest BCUT2D eigenvalue weighted by molar-refractivity contribution is 9.10. The van der Waals surface area contributed by atoms with Crippen LogP contribution in [0, 0.1) is 0 Å². The summed E-state index contributed by atoms with van der Waals surface area (Å²) >= 11 is 3.44. The molecule has 0 unspecified atom stereocenters. The van der Waals surface area contributed by atoms with Gasteiger partial charge in [0.15, 0.2) is 0 Å². The largest absolute Gasteiger partial charge is 0.215 e. The topological polar surface area (TPSA) is 46.2 Å².